The first kappa shape index (κ1) is 16.9. The summed E-state index contributed by atoms with van der Waals surface area (Å²) in [4.78, 5) is 29.9. The number of para-hydroxylation sites is 1. The highest BCUT2D eigenvalue weighted by molar-refractivity contribution is 6.05. The molecule has 1 aliphatic heterocycles. The van der Waals surface area contributed by atoms with Gasteiger partial charge in [0.25, 0.3) is 11.5 Å². The number of fused-ring (bicyclic) bond motifs is 1. The fourth-order valence-electron chi connectivity index (χ4n) is 3.07. The van der Waals surface area contributed by atoms with Crippen molar-refractivity contribution in [2.24, 2.45) is 4.99 Å². The molecule has 1 aliphatic rings. The van der Waals surface area contributed by atoms with Crippen molar-refractivity contribution in [2.45, 2.75) is 6.54 Å². The number of carbonyl (C=O) groups excluding carboxylic acids is 1. The summed E-state index contributed by atoms with van der Waals surface area (Å²) in [5, 5.41) is 3.45. The van der Waals surface area contributed by atoms with Crippen molar-refractivity contribution in [2.75, 3.05) is 11.9 Å². The maximum atomic E-state index is 13.1. The molecule has 1 aromatic heterocycles. The Hall–Kier alpha value is -3.54. The molecule has 134 valence electrons. The van der Waals surface area contributed by atoms with E-state index in [1.807, 2.05) is 30.3 Å². The van der Waals surface area contributed by atoms with Crippen LogP contribution in [-0.2, 0) is 6.54 Å². The third kappa shape index (κ3) is 3.42. The number of hydrogen-bond acceptors (Lipinski definition) is 3. The van der Waals surface area contributed by atoms with E-state index in [1.165, 1.54) is 24.3 Å². The Morgan fingerprint density at radius 2 is 1.93 bits per heavy atom. The predicted molar refractivity (Wildman–Crippen MR) is 104 cm³/mol. The molecule has 5 nitrogen and oxygen atoms in total. The summed E-state index contributed by atoms with van der Waals surface area (Å²) in [5.41, 5.74) is 1.85. The van der Waals surface area contributed by atoms with Gasteiger partial charge in [0.15, 0.2) is 0 Å². The first-order chi connectivity index (χ1) is 13.1. The lowest BCUT2D eigenvalue weighted by molar-refractivity contribution is 0.102. The second kappa shape index (κ2) is 6.99. The monoisotopic (exact) mass is 361 g/mol. The standard InChI is InChI=1S/C21H16FN3O2/c22-16-5-7-17(8-6-16)24-20(26)18-11-15-3-1-2-4-19(15)25(21(18)27)13-14-9-10-23-12-14/h1-11H,12-13H2,(H,24,26). The summed E-state index contributed by atoms with van der Waals surface area (Å²) in [6.07, 6.45) is 3.60. The Morgan fingerprint density at radius 1 is 1.15 bits per heavy atom. The average Bonchev–Trinajstić information content (AvgIpc) is 3.19. The molecule has 4 rings (SSSR count). The molecule has 1 N–H and O–H groups in total. The lowest BCUT2D eigenvalue weighted by atomic mass is 10.1. The largest absolute Gasteiger partial charge is 0.322 e. The number of benzene rings is 2. The molecule has 27 heavy (non-hydrogen) atoms. The molecule has 0 aliphatic carbocycles. The Kier molecular flexibility index (Phi) is 4.38. The molecule has 0 spiro atoms. The van der Waals surface area contributed by atoms with Gasteiger partial charge in [0.05, 0.1) is 12.1 Å². The van der Waals surface area contributed by atoms with E-state index in [0.29, 0.717) is 18.8 Å². The summed E-state index contributed by atoms with van der Waals surface area (Å²) in [6.45, 7) is 0.920. The highest BCUT2D eigenvalue weighted by Crippen LogP contribution is 2.17. The van der Waals surface area contributed by atoms with E-state index in [-0.39, 0.29) is 11.1 Å². The molecule has 0 fully saturated rings. The van der Waals surface area contributed by atoms with Gasteiger partial charge in [-0.15, -0.1) is 0 Å². The van der Waals surface area contributed by atoms with Gasteiger partial charge < -0.3 is 9.88 Å². The first-order valence-corrected chi connectivity index (χ1v) is 8.49. The molecule has 6 heteroatoms. The molecule has 0 atom stereocenters. The fourth-order valence-corrected chi connectivity index (χ4v) is 3.07. The summed E-state index contributed by atoms with van der Waals surface area (Å²) < 4.78 is 14.6. The van der Waals surface area contributed by atoms with Crippen molar-refractivity contribution in [3.63, 3.8) is 0 Å². The molecule has 1 amide bonds. The normalized spacial score (nSPS) is 13.0. The molecular formula is C21H16FN3O2. The van der Waals surface area contributed by atoms with E-state index in [2.05, 4.69) is 10.3 Å². The smallest absolute Gasteiger partial charge is 0.264 e. The van der Waals surface area contributed by atoms with Gasteiger partial charge in [-0.25, -0.2) is 4.39 Å². The molecule has 0 saturated heterocycles. The highest BCUT2D eigenvalue weighted by Gasteiger charge is 2.17. The van der Waals surface area contributed by atoms with Crippen molar-refractivity contribution in [1.29, 1.82) is 0 Å². The van der Waals surface area contributed by atoms with Crippen molar-refractivity contribution >= 4 is 28.7 Å². The maximum Gasteiger partial charge on any atom is 0.264 e. The number of aliphatic imine (C=N–C) groups is 1. The van der Waals surface area contributed by atoms with Gasteiger partial charge in [-0.1, -0.05) is 18.2 Å². The number of aromatic nitrogens is 1. The van der Waals surface area contributed by atoms with Gasteiger partial charge in [-0.3, -0.25) is 14.6 Å². The minimum atomic E-state index is -0.525. The average molecular weight is 361 g/mol. The molecule has 2 aromatic carbocycles. The van der Waals surface area contributed by atoms with E-state index in [4.69, 9.17) is 0 Å². The SMILES string of the molecule is O=C(Nc1ccc(F)cc1)c1cc2ccccc2n(CC2=CC=NC2)c1=O. The lowest BCUT2D eigenvalue weighted by Crippen LogP contribution is -2.30. The van der Waals surface area contributed by atoms with Crippen LogP contribution in [0, 0.1) is 5.82 Å². The van der Waals surface area contributed by atoms with E-state index >= 15 is 0 Å². The zero-order chi connectivity index (χ0) is 18.8. The first-order valence-electron chi connectivity index (χ1n) is 8.49. The summed E-state index contributed by atoms with van der Waals surface area (Å²) >= 11 is 0. The van der Waals surface area contributed by atoms with Gasteiger partial charge >= 0.3 is 0 Å². The number of pyridine rings is 1. The van der Waals surface area contributed by atoms with Crippen LogP contribution >= 0.6 is 0 Å². The number of carbonyl (C=O) groups is 1. The number of hydrogen-bond donors (Lipinski definition) is 1. The third-order valence-corrected chi connectivity index (χ3v) is 4.42. The van der Waals surface area contributed by atoms with E-state index in [9.17, 15) is 14.0 Å². The van der Waals surface area contributed by atoms with E-state index in [1.54, 1.807) is 16.8 Å². The van der Waals surface area contributed by atoms with Crippen LogP contribution < -0.4 is 10.9 Å². The van der Waals surface area contributed by atoms with Crippen molar-refractivity contribution in [1.82, 2.24) is 4.57 Å². The van der Waals surface area contributed by atoms with Crippen LogP contribution in [0.15, 0.2) is 76.0 Å². The Balaban J connectivity index is 1.76. The van der Waals surface area contributed by atoms with Crippen molar-refractivity contribution < 1.29 is 9.18 Å². The Morgan fingerprint density at radius 3 is 2.67 bits per heavy atom. The number of nitrogens with zero attached hydrogens (tertiary/aromatic N) is 2. The third-order valence-electron chi connectivity index (χ3n) is 4.42. The second-order valence-electron chi connectivity index (χ2n) is 6.28. The van der Waals surface area contributed by atoms with Crippen LogP contribution in [0.1, 0.15) is 10.4 Å². The van der Waals surface area contributed by atoms with Gasteiger partial charge in [0.1, 0.15) is 11.4 Å². The summed E-state index contributed by atoms with van der Waals surface area (Å²) in [6, 6.07) is 14.4. The van der Waals surface area contributed by atoms with Gasteiger partial charge in [0.2, 0.25) is 0 Å². The van der Waals surface area contributed by atoms with Crippen LogP contribution in [0.25, 0.3) is 10.9 Å². The topological polar surface area (TPSA) is 63.5 Å². The quantitative estimate of drug-likeness (QED) is 0.774. The summed E-state index contributed by atoms with van der Waals surface area (Å²) in [7, 11) is 0. The zero-order valence-corrected chi connectivity index (χ0v) is 14.4. The fraction of sp³-hybridized carbons (Fsp3) is 0.0952. The molecular weight excluding hydrogens is 345 g/mol. The number of anilines is 1. The van der Waals surface area contributed by atoms with Crippen molar-refractivity contribution in [3.8, 4) is 0 Å². The minimum Gasteiger partial charge on any atom is -0.322 e. The number of rotatable bonds is 4. The van der Waals surface area contributed by atoms with Crippen LogP contribution in [0.2, 0.25) is 0 Å². The van der Waals surface area contributed by atoms with Crippen LogP contribution in [-0.4, -0.2) is 23.2 Å². The molecule has 2 heterocycles. The minimum absolute atomic E-state index is 0.0394. The Labute approximate surface area is 154 Å². The van der Waals surface area contributed by atoms with Crippen LogP contribution in [0.4, 0.5) is 10.1 Å². The van der Waals surface area contributed by atoms with Gasteiger partial charge in [-0.2, -0.15) is 0 Å². The van der Waals surface area contributed by atoms with Gasteiger partial charge in [-0.05, 0) is 53.4 Å². The lowest BCUT2D eigenvalue weighted by Gasteiger charge is -2.13. The van der Waals surface area contributed by atoms with Gasteiger partial charge in [0, 0.05) is 18.4 Å². The van der Waals surface area contributed by atoms with Crippen LogP contribution in [0.3, 0.4) is 0 Å². The Bertz CT molecular complexity index is 1140. The molecule has 0 unspecified atom stereocenters. The number of halogens is 1. The number of nitrogens with one attached hydrogen (secondary N) is 1. The van der Waals surface area contributed by atoms with E-state index in [0.717, 1.165) is 16.5 Å². The number of amides is 1. The highest BCUT2D eigenvalue weighted by atomic mass is 19.1. The van der Waals surface area contributed by atoms with Crippen LogP contribution in [0.5, 0.6) is 0 Å². The molecule has 0 bridgehead atoms. The predicted octanol–water partition coefficient (Wildman–Crippen LogP) is 3.40. The molecule has 0 radical (unpaired) electrons. The van der Waals surface area contributed by atoms with Crippen molar-refractivity contribution in [3.05, 3.63) is 88.0 Å². The number of allylic oxidation sites excluding steroid dienone is 1. The molecule has 0 saturated carbocycles. The maximum absolute atomic E-state index is 13.1. The molecule has 3 aromatic rings. The second-order valence-corrected chi connectivity index (χ2v) is 6.28. The summed E-state index contributed by atoms with van der Waals surface area (Å²) in [5.74, 6) is -0.920. The zero-order valence-electron chi connectivity index (χ0n) is 14.4. The van der Waals surface area contributed by atoms with E-state index < -0.39 is 11.7 Å².